The van der Waals surface area contributed by atoms with E-state index < -0.39 is 10.0 Å². The predicted molar refractivity (Wildman–Crippen MR) is 92.1 cm³/mol. The minimum absolute atomic E-state index is 0.0995. The molecule has 0 aromatic carbocycles. The normalized spacial score (nSPS) is 19.1. The molecule has 1 fully saturated rings. The Hall–Kier alpha value is -0.990. The van der Waals surface area contributed by atoms with E-state index in [1.165, 1.54) is 0 Å². The first-order valence-corrected chi connectivity index (χ1v) is 10.6. The van der Waals surface area contributed by atoms with Gasteiger partial charge >= 0.3 is 0 Å². The Labute approximate surface area is 142 Å². The van der Waals surface area contributed by atoms with Crippen molar-refractivity contribution in [1.82, 2.24) is 14.6 Å². The highest BCUT2D eigenvalue weighted by Gasteiger charge is 2.27. The summed E-state index contributed by atoms with van der Waals surface area (Å²) >= 11 is 1.62. The van der Waals surface area contributed by atoms with E-state index in [1.807, 2.05) is 18.7 Å². The molecule has 0 bridgehead atoms. The smallest absolute Gasteiger partial charge is 0.228 e. The van der Waals surface area contributed by atoms with Gasteiger partial charge in [-0.1, -0.05) is 0 Å². The molecule has 1 aromatic heterocycles. The number of piperidine rings is 1. The second-order valence-electron chi connectivity index (χ2n) is 6.10. The van der Waals surface area contributed by atoms with Crippen molar-refractivity contribution in [3.8, 4) is 0 Å². The lowest BCUT2D eigenvalue weighted by atomic mass is 9.98. The van der Waals surface area contributed by atoms with Crippen LogP contribution in [0.1, 0.15) is 41.3 Å². The average molecular weight is 360 g/mol. The van der Waals surface area contributed by atoms with Crippen LogP contribution in [0.25, 0.3) is 0 Å². The summed E-state index contributed by atoms with van der Waals surface area (Å²) in [5.41, 5.74) is 0.871. The number of sulfonamides is 1. The lowest BCUT2D eigenvalue weighted by Gasteiger charge is -2.36. The Morgan fingerprint density at radius 1 is 1.39 bits per heavy atom. The molecule has 6 nitrogen and oxygen atoms in total. The van der Waals surface area contributed by atoms with Crippen LogP contribution in [0.2, 0.25) is 0 Å². The minimum Gasteiger partial charge on any atom is -0.339 e. The van der Waals surface area contributed by atoms with Gasteiger partial charge in [-0.25, -0.2) is 18.1 Å². The molecule has 1 atom stereocenters. The Morgan fingerprint density at radius 2 is 2.13 bits per heavy atom. The van der Waals surface area contributed by atoms with Gasteiger partial charge in [0.25, 0.3) is 0 Å². The predicted octanol–water partition coefficient (Wildman–Crippen LogP) is 1.62. The van der Waals surface area contributed by atoms with Crippen molar-refractivity contribution in [2.24, 2.45) is 0 Å². The second kappa shape index (κ2) is 7.72. The Bertz CT molecular complexity index is 655. The molecule has 1 aliphatic heterocycles. The number of aryl methyl sites for hydroxylation is 2. The number of nitrogens with zero attached hydrogens (tertiary/aromatic N) is 2. The molecule has 1 unspecified atom stereocenters. The highest BCUT2D eigenvalue weighted by molar-refractivity contribution is 7.88. The van der Waals surface area contributed by atoms with Crippen LogP contribution in [0, 0.1) is 13.8 Å². The molecule has 1 aliphatic rings. The highest BCUT2D eigenvalue weighted by atomic mass is 32.2. The average Bonchev–Trinajstić information content (AvgIpc) is 2.76. The summed E-state index contributed by atoms with van der Waals surface area (Å²) in [5.74, 6) is 0.0995. The molecule has 1 aromatic rings. The van der Waals surface area contributed by atoms with Crippen LogP contribution in [0.3, 0.4) is 0 Å². The van der Waals surface area contributed by atoms with Gasteiger partial charge in [-0.15, -0.1) is 11.3 Å². The van der Waals surface area contributed by atoms with Gasteiger partial charge in [0.15, 0.2) is 0 Å². The van der Waals surface area contributed by atoms with Gasteiger partial charge in [0.05, 0.1) is 23.4 Å². The van der Waals surface area contributed by atoms with Crippen molar-refractivity contribution in [2.45, 2.75) is 52.0 Å². The molecule has 2 rings (SSSR count). The summed E-state index contributed by atoms with van der Waals surface area (Å²) in [4.78, 5) is 20.1. The third-order valence-corrected chi connectivity index (χ3v) is 5.76. The number of rotatable bonds is 6. The standard InChI is InChI=1S/C15H25N3O3S2/c1-11-14(17-12(2)22-11)10-15(19)18-9-5-4-6-13(18)7-8-16-23(3,20)21/h13,16H,4-10H2,1-3H3. The molecule has 0 aliphatic carbocycles. The summed E-state index contributed by atoms with van der Waals surface area (Å²) in [6, 6.07) is 0.116. The molecular formula is C15H25N3O3S2. The van der Waals surface area contributed by atoms with Crippen LogP contribution in [-0.2, 0) is 21.2 Å². The second-order valence-corrected chi connectivity index (χ2v) is 9.34. The third-order valence-electron chi connectivity index (χ3n) is 4.11. The van der Waals surface area contributed by atoms with Gasteiger partial charge in [0.1, 0.15) is 0 Å². The van der Waals surface area contributed by atoms with Crippen molar-refractivity contribution in [3.05, 3.63) is 15.6 Å². The van der Waals surface area contributed by atoms with Crippen LogP contribution >= 0.6 is 11.3 Å². The van der Waals surface area contributed by atoms with Crippen LogP contribution in [0.4, 0.5) is 0 Å². The zero-order valence-corrected chi connectivity index (χ0v) is 15.6. The van der Waals surface area contributed by atoms with Crippen molar-refractivity contribution in [3.63, 3.8) is 0 Å². The van der Waals surface area contributed by atoms with Gasteiger partial charge in [0.2, 0.25) is 15.9 Å². The van der Waals surface area contributed by atoms with E-state index in [1.54, 1.807) is 11.3 Å². The number of aromatic nitrogens is 1. The van der Waals surface area contributed by atoms with E-state index in [0.717, 1.165) is 47.6 Å². The number of hydrogen-bond donors (Lipinski definition) is 1. The largest absolute Gasteiger partial charge is 0.339 e. The maximum atomic E-state index is 12.7. The maximum Gasteiger partial charge on any atom is 0.228 e. The summed E-state index contributed by atoms with van der Waals surface area (Å²) in [7, 11) is -3.18. The number of thiazole rings is 1. The Kier molecular flexibility index (Phi) is 6.16. The van der Waals surface area contributed by atoms with Crippen molar-refractivity contribution in [2.75, 3.05) is 19.3 Å². The molecule has 0 radical (unpaired) electrons. The van der Waals surface area contributed by atoms with Gasteiger partial charge in [0, 0.05) is 24.0 Å². The van der Waals surface area contributed by atoms with Gasteiger partial charge in [-0.05, 0) is 39.5 Å². The minimum atomic E-state index is -3.18. The number of nitrogens with one attached hydrogen (secondary N) is 1. The molecule has 1 amide bonds. The quantitative estimate of drug-likeness (QED) is 0.837. The van der Waals surface area contributed by atoms with E-state index in [0.29, 0.717) is 19.4 Å². The van der Waals surface area contributed by atoms with Crippen molar-refractivity contribution >= 4 is 27.3 Å². The molecule has 1 N–H and O–H groups in total. The van der Waals surface area contributed by atoms with Crippen molar-refractivity contribution < 1.29 is 13.2 Å². The van der Waals surface area contributed by atoms with E-state index in [4.69, 9.17) is 0 Å². The highest BCUT2D eigenvalue weighted by Crippen LogP contribution is 2.22. The van der Waals surface area contributed by atoms with E-state index in [9.17, 15) is 13.2 Å². The molecule has 23 heavy (non-hydrogen) atoms. The first-order chi connectivity index (χ1) is 10.8. The summed E-state index contributed by atoms with van der Waals surface area (Å²) < 4.78 is 24.9. The Morgan fingerprint density at radius 3 is 2.74 bits per heavy atom. The number of amides is 1. The van der Waals surface area contributed by atoms with Gasteiger partial charge in [-0.2, -0.15) is 0 Å². The SMILES string of the molecule is Cc1nc(CC(=O)N2CCCCC2CCNS(C)(=O)=O)c(C)s1. The fourth-order valence-corrected chi connectivity index (χ4v) is 4.34. The monoisotopic (exact) mass is 359 g/mol. The number of likely N-dealkylation sites (tertiary alicyclic amines) is 1. The fraction of sp³-hybridized carbons (Fsp3) is 0.733. The third kappa shape index (κ3) is 5.54. The zero-order chi connectivity index (χ0) is 17.0. The zero-order valence-electron chi connectivity index (χ0n) is 14.0. The maximum absolute atomic E-state index is 12.7. The summed E-state index contributed by atoms with van der Waals surface area (Å²) in [5, 5.41) is 0.984. The van der Waals surface area contributed by atoms with Crippen LogP contribution < -0.4 is 4.72 Å². The summed E-state index contributed by atoms with van der Waals surface area (Å²) in [6.45, 7) is 5.08. The number of carbonyl (C=O) groups excluding carboxylic acids is 1. The van der Waals surface area contributed by atoms with E-state index >= 15 is 0 Å². The molecule has 130 valence electrons. The topological polar surface area (TPSA) is 79.4 Å². The fourth-order valence-electron chi connectivity index (χ4n) is 3.02. The number of hydrogen-bond acceptors (Lipinski definition) is 5. The molecule has 0 spiro atoms. The van der Waals surface area contributed by atoms with Crippen molar-refractivity contribution in [1.29, 1.82) is 0 Å². The van der Waals surface area contributed by atoms with Crippen LogP contribution in [-0.4, -0.2) is 49.6 Å². The molecule has 1 saturated heterocycles. The van der Waals surface area contributed by atoms with Gasteiger partial charge < -0.3 is 4.90 Å². The number of carbonyl (C=O) groups is 1. The van der Waals surface area contributed by atoms with Crippen LogP contribution in [0.5, 0.6) is 0 Å². The van der Waals surface area contributed by atoms with E-state index in [2.05, 4.69) is 9.71 Å². The Balaban J connectivity index is 1.96. The first-order valence-electron chi connectivity index (χ1n) is 7.93. The lowest BCUT2D eigenvalue weighted by Crippen LogP contribution is -2.46. The molecule has 2 heterocycles. The van der Waals surface area contributed by atoms with Gasteiger partial charge in [-0.3, -0.25) is 4.79 Å². The van der Waals surface area contributed by atoms with E-state index in [-0.39, 0.29) is 11.9 Å². The lowest BCUT2D eigenvalue weighted by molar-refractivity contribution is -0.134. The first kappa shape index (κ1) is 18.4. The molecular weight excluding hydrogens is 334 g/mol. The summed E-state index contributed by atoms with van der Waals surface area (Å²) in [6.07, 6.45) is 5.19. The molecule has 8 heteroatoms. The molecule has 0 saturated carbocycles. The van der Waals surface area contributed by atoms with Crippen LogP contribution in [0.15, 0.2) is 0 Å².